The first-order chi connectivity index (χ1) is 10.9. The van der Waals surface area contributed by atoms with Gasteiger partial charge in [0.1, 0.15) is 11.6 Å². The van der Waals surface area contributed by atoms with E-state index >= 15 is 0 Å². The summed E-state index contributed by atoms with van der Waals surface area (Å²) in [6, 6.07) is 3.56. The second-order valence-electron chi connectivity index (χ2n) is 6.19. The number of carbonyl (C=O) groups is 1. The smallest absolute Gasteiger partial charge is 0.315 e. The van der Waals surface area contributed by atoms with E-state index in [-0.39, 0.29) is 6.54 Å². The molecule has 3 N–H and O–H groups in total. The molecule has 2 amide bonds. The SMILES string of the molecule is COc1cccc(F)c1C(C)NC(=O)NCC1(O)CCCCC1. The number of aliphatic hydroxyl groups is 1. The van der Waals surface area contributed by atoms with Crippen LogP contribution >= 0.6 is 0 Å². The van der Waals surface area contributed by atoms with Crippen LogP contribution in [0.1, 0.15) is 50.6 Å². The van der Waals surface area contributed by atoms with E-state index in [0.717, 1.165) is 19.3 Å². The molecule has 1 saturated carbocycles. The molecule has 5 nitrogen and oxygen atoms in total. The van der Waals surface area contributed by atoms with Crippen molar-refractivity contribution in [3.05, 3.63) is 29.6 Å². The lowest BCUT2D eigenvalue weighted by atomic mass is 9.85. The Bertz CT molecular complexity index is 545. The Hall–Kier alpha value is -1.82. The quantitative estimate of drug-likeness (QED) is 0.780. The third-order valence-corrected chi connectivity index (χ3v) is 4.38. The number of methoxy groups -OCH3 is 1. The molecule has 128 valence electrons. The van der Waals surface area contributed by atoms with Crippen molar-refractivity contribution < 1.29 is 19.0 Å². The first kappa shape index (κ1) is 17.5. The fourth-order valence-electron chi connectivity index (χ4n) is 3.07. The molecule has 0 bridgehead atoms. The fraction of sp³-hybridized carbons (Fsp3) is 0.588. The summed E-state index contributed by atoms with van der Waals surface area (Å²) in [4.78, 5) is 12.0. The van der Waals surface area contributed by atoms with Gasteiger partial charge in [0.15, 0.2) is 0 Å². The van der Waals surface area contributed by atoms with Crippen LogP contribution in [-0.4, -0.2) is 30.4 Å². The maximum Gasteiger partial charge on any atom is 0.315 e. The van der Waals surface area contributed by atoms with Gasteiger partial charge in [0.05, 0.1) is 24.3 Å². The second kappa shape index (κ2) is 7.64. The molecule has 0 aliphatic heterocycles. The zero-order valence-electron chi connectivity index (χ0n) is 13.7. The van der Waals surface area contributed by atoms with Crippen molar-refractivity contribution in [3.8, 4) is 5.75 Å². The van der Waals surface area contributed by atoms with E-state index in [1.165, 1.54) is 13.2 Å². The molecule has 0 saturated heterocycles. The molecule has 6 heteroatoms. The van der Waals surface area contributed by atoms with E-state index < -0.39 is 23.5 Å². The number of hydrogen-bond donors (Lipinski definition) is 3. The molecule has 1 atom stereocenters. The van der Waals surface area contributed by atoms with Crippen LogP contribution in [0.2, 0.25) is 0 Å². The second-order valence-corrected chi connectivity index (χ2v) is 6.19. The van der Waals surface area contributed by atoms with Crippen molar-refractivity contribution in [1.29, 1.82) is 0 Å². The van der Waals surface area contributed by atoms with Crippen LogP contribution in [0.5, 0.6) is 5.75 Å². The minimum atomic E-state index is -0.825. The summed E-state index contributed by atoms with van der Waals surface area (Å²) in [5.74, 6) is -0.0354. The van der Waals surface area contributed by atoms with E-state index in [9.17, 15) is 14.3 Å². The maximum atomic E-state index is 14.0. The number of halogens is 1. The van der Waals surface area contributed by atoms with Gasteiger partial charge in [-0.3, -0.25) is 0 Å². The Morgan fingerprint density at radius 1 is 1.39 bits per heavy atom. The van der Waals surface area contributed by atoms with Crippen LogP contribution < -0.4 is 15.4 Å². The molecule has 1 fully saturated rings. The van der Waals surface area contributed by atoms with Crippen LogP contribution in [0, 0.1) is 5.82 Å². The van der Waals surface area contributed by atoms with Crippen LogP contribution in [0.3, 0.4) is 0 Å². The minimum absolute atomic E-state index is 0.208. The zero-order chi connectivity index (χ0) is 16.9. The Kier molecular flexibility index (Phi) is 5.82. The zero-order valence-corrected chi connectivity index (χ0v) is 13.7. The normalized spacial score (nSPS) is 18.1. The van der Waals surface area contributed by atoms with Gasteiger partial charge in [-0.05, 0) is 31.9 Å². The summed E-state index contributed by atoms with van der Waals surface area (Å²) in [5.41, 5.74) is -0.518. The van der Waals surface area contributed by atoms with Crippen molar-refractivity contribution in [2.45, 2.75) is 50.7 Å². The lowest BCUT2D eigenvalue weighted by Gasteiger charge is -2.32. The summed E-state index contributed by atoms with van der Waals surface area (Å²) >= 11 is 0. The number of hydrogen-bond acceptors (Lipinski definition) is 3. The third kappa shape index (κ3) is 4.58. The Balaban J connectivity index is 1.92. The predicted molar refractivity (Wildman–Crippen MR) is 85.9 cm³/mol. The van der Waals surface area contributed by atoms with Gasteiger partial charge in [0.2, 0.25) is 0 Å². The summed E-state index contributed by atoms with van der Waals surface area (Å²) in [5, 5.41) is 15.7. The minimum Gasteiger partial charge on any atom is -0.496 e. The molecule has 1 aliphatic carbocycles. The highest BCUT2D eigenvalue weighted by atomic mass is 19.1. The highest BCUT2D eigenvalue weighted by molar-refractivity contribution is 5.74. The van der Waals surface area contributed by atoms with Crippen molar-refractivity contribution in [2.75, 3.05) is 13.7 Å². The topological polar surface area (TPSA) is 70.6 Å². The highest BCUT2D eigenvalue weighted by Crippen LogP contribution is 2.28. The first-order valence-electron chi connectivity index (χ1n) is 8.04. The molecule has 1 aromatic carbocycles. The molecule has 1 aliphatic rings. The van der Waals surface area contributed by atoms with E-state index in [4.69, 9.17) is 4.74 Å². The maximum absolute atomic E-state index is 14.0. The molecular weight excluding hydrogens is 299 g/mol. The predicted octanol–water partition coefficient (Wildman–Crippen LogP) is 2.89. The van der Waals surface area contributed by atoms with Crippen molar-refractivity contribution in [1.82, 2.24) is 10.6 Å². The Morgan fingerprint density at radius 3 is 2.74 bits per heavy atom. The van der Waals surface area contributed by atoms with Crippen LogP contribution in [-0.2, 0) is 0 Å². The number of benzene rings is 1. The molecule has 1 aromatic rings. The molecular formula is C17H25FN2O3. The average Bonchev–Trinajstić information content (AvgIpc) is 2.53. The molecule has 0 radical (unpaired) electrons. The van der Waals surface area contributed by atoms with Crippen molar-refractivity contribution in [3.63, 3.8) is 0 Å². The molecule has 2 rings (SSSR count). The van der Waals surface area contributed by atoms with E-state index in [1.807, 2.05) is 0 Å². The number of carbonyl (C=O) groups excluding carboxylic acids is 1. The van der Waals surface area contributed by atoms with Gasteiger partial charge in [-0.25, -0.2) is 9.18 Å². The fourth-order valence-corrected chi connectivity index (χ4v) is 3.07. The van der Waals surface area contributed by atoms with Gasteiger partial charge >= 0.3 is 6.03 Å². The summed E-state index contributed by atoms with van der Waals surface area (Å²) in [6.45, 7) is 1.90. The summed E-state index contributed by atoms with van der Waals surface area (Å²) in [6.07, 6.45) is 4.47. The van der Waals surface area contributed by atoms with E-state index in [2.05, 4.69) is 10.6 Å². The van der Waals surface area contributed by atoms with Gasteiger partial charge in [-0.1, -0.05) is 25.3 Å². The third-order valence-electron chi connectivity index (χ3n) is 4.38. The van der Waals surface area contributed by atoms with Crippen LogP contribution in [0.4, 0.5) is 9.18 Å². The van der Waals surface area contributed by atoms with Gasteiger partial charge in [0.25, 0.3) is 0 Å². The van der Waals surface area contributed by atoms with E-state index in [0.29, 0.717) is 24.2 Å². The molecule has 1 unspecified atom stereocenters. The summed E-state index contributed by atoms with van der Waals surface area (Å²) in [7, 11) is 1.46. The van der Waals surface area contributed by atoms with Gasteiger partial charge < -0.3 is 20.5 Å². The Morgan fingerprint density at radius 2 is 2.09 bits per heavy atom. The van der Waals surface area contributed by atoms with Crippen molar-refractivity contribution >= 4 is 6.03 Å². The molecule has 23 heavy (non-hydrogen) atoms. The van der Waals surface area contributed by atoms with Gasteiger partial charge in [0, 0.05) is 6.54 Å². The first-order valence-corrected chi connectivity index (χ1v) is 8.04. The number of amides is 2. The molecule has 0 heterocycles. The van der Waals surface area contributed by atoms with Crippen LogP contribution in [0.15, 0.2) is 18.2 Å². The molecule has 0 spiro atoms. The number of rotatable bonds is 5. The lowest BCUT2D eigenvalue weighted by molar-refractivity contribution is 0.00713. The largest absolute Gasteiger partial charge is 0.496 e. The highest BCUT2D eigenvalue weighted by Gasteiger charge is 2.29. The molecule has 0 aromatic heterocycles. The van der Waals surface area contributed by atoms with Gasteiger partial charge in [-0.15, -0.1) is 0 Å². The Labute approximate surface area is 136 Å². The van der Waals surface area contributed by atoms with Crippen LogP contribution in [0.25, 0.3) is 0 Å². The standard InChI is InChI=1S/C17H25FN2O3/c1-12(15-13(18)7-6-8-14(15)23-2)20-16(21)19-11-17(22)9-4-3-5-10-17/h6-8,12,22H,3-5,9-11H2,1-2H3,(H2,19,20,21). The average molecular weight is 324 g/mol. The lowest BCUT2D eigenvalue weighted by Crippen LogP contribution is -2.47. The van der Waals surface area contributed by atoms with E-state index in [1.54, 1.807) is 19.1 Å². The van der Waals surface area contributed by atoms with Gasteiger partial charge in [-0.2, -0.15) is 0 Å². The number of urea groups is 1. The number of nitrogens with one attached hydrogen (secondary N) is 2. The summed E-state index contributed by atoms with van der Waals surface area (Å²) < 4.78 is 19.1. The van der Waals surface area contributed by atoms with Crippen molar-refractivity contribution in [2.24, 2.45) is 0 Å². The number of ether oxygens (including phenoxy) is 1. The monoisotopic (exact) mass is 324 g/mol.